The van der Waals surface area contributed by atoms with E-state index in [4.69, 9.17) is 28.7 Å². The maximum atomic E-state index is 14.3. The molecule has 0 aromatic heterocycles. The van der Waals surface area contributed by atoms with E-state index in [1.807, 2.05) is 0 Å². The highest BCUT2D eigenvalue weighted by Gasteiger charge is 2.43. The van der Waals surface area contributed by atoms with Crippen molar-refractivity contribution in [2.45, 2.75) is 197 Å². The number of carbonyl (C=O) groups is 13. The molecule has 0 radical (unpaired) electrons. The van der Waals surface area contributed by atoms with Crippen LogP contribution in [-0.4, -0.2) is 242 Å². The quantitative estimate of drug-likeness (QED) is 0.0162. The van der Waals surface area contributed by atoms with Gasteiger partial charge in [0.15, 0.2) is 11.9 Å². The van der Waals surface area contributed by atoms with Crippen molar-refractivity contribution in [1.82, 2.24) is 57.2 Å². The molecule has 0 spiro atoms. The van der Waals surface area contributed by atoms with Crippen LogP contribution >= 0.6 is 0 Å². The van der Waals surface area contributed by atoms with Gasteiger partial charge in [-0.3, -0.25) is 67.5 Å². The molecular weight excluding hydrogens is 1160 g/mol. The van der Waals surface area contributed by atoms with E-state index in [2.05, 4.69) is 52.5 Å². The number of rotatable bonds is 34. The molecular formula is C53H90N18O17. The first-order chi connectivity index (χ1) is 41.3. The maximum Gasteiger partial charge on any atom is 0.326 e. The number of likely N-dealkylation sites (tertiary alicyclic amines) is 3. The van der Waals surface area contributed by atoms with Crippen molar-refractivity contribution >= 4 is 88.8 Å². The highest BCUT2D eigenvalue weighted by Crippen LogP contribution is 2.23. The molecule has 3 saturated heterocycles. The van der Waals surface area contributed by atoms with Crippen LogP contribution in [-0.2, 0) is 62.3 Å². The largest absolute Gasteiger partial charge is 0.481 e. The molecule has 0 aromatic carbocycles. The van der Waals surface area contributed by atoms with Gasteiger partial charge in [-0.25, -0.2) is 4.79 Å². The molecule has 13 atom stereocenters. The van der Waals surface area contributed by atoms with Crippen LogP contribution in [0.15, 0.2) is 9.98 Å². The van der Waals surface area contributed by atoms with E-state index in [0.717, 1.165) is 16.7 Å². The van der Waals surface area contributed by atoms with Crippen molar-refractivity contribution in [2.24, 2.45) is 44.6 Å². The van der Waals surface area contributed by atoms with Gasteiger partial charge in [-0.2, -0.15) is 0 Å². The summed E-state index contributed by atoms with van der Waals surface area (Å²) in [5, 5.41) is 59.7. The number of nitrogens with two attached hydrogens (primary N) is 5. The molecule has 35 heteroatoms. The van der Waals surface area contributed by atoms with Crippen molar-refractivity contribution in [3.05, 3.63) is 0 Å². The predicted octanol–water partition coefficient (Wildman–Crippen LogP) is -7.69. The van der Waals surface area contributed by atoms with Crippen LogP contribution in [0.4, 0.5) is 0 Å². The highest BCUT2D eigenvalue weighted by atomic mass is 16.4. The van der Waals surface area contributed by atoms with Gasteiger partial charge in [-0.15, -0.1) is 0 Å². The van der Waals surface area contributed by atoms with Gasteiger partial charge in [0.1, 0.15) is 66.5 Å². The van der Waals surface area contributed by atoms with Crippen LogP contribution in [0.3, 0.4) is 0 Å². The fourth-order valence-electron chi connectivity index (χ4n) is 10.0. The molecule has 0 aromatic rings. The number of aliphatic carboxylic acids is 2. The lowest BCUT2D eigenvalue weighted by Crippen LogP contribution is -2.61. The second kappa shape index (κ2) is 35.4. The van der Waals surface area contributed by atoms with E-state index in [9.17, 15) is 82.8 Å². The Morgan fingerprint density at radius 1 is 0.489 bits per heavy atom. The average molecular weight is 1250 g/mol. The smallest absolute Gasteiger partial charge is 0.326 e. The molecule has 35 nitrogen and oxygen atoms in total. The van der Waals surface area contributed by atoms with Crippen molar-refractivity contribution < 1.29 is 82.8 Å². The summed E-state index contributed by atoms with van der Waals surface area (Å²) >= 11 is 0. The first-order valence-corrected chi connectivity index (χ1v) is 29.3. The second-order valence-electron chi connectivity index (χ2n) is 22.4. The molecule has 0 aliphatic carbocycles. The van der Waals surface area contributed by atoms with Crippen LogP contribution in [0.5, 0.6) is 0 Å². The number of hydrogen-bond acceptors (Lipinski definition) is 18. The summed E-state index contributed by atoms with van der Waals surface area (Å²) in [6.07, 6.45) is -1.40. The molecule has 0 bridgehead atoms. The Kier molecular flexibility index (Phi) is 29.7. The van der Waals surface area contributed by atoms with E-state index >= 15 is 0 Å². The Morgan fingerprint density at radius 2 is 0.898 bits per heavy atom. The average Bonchev–Trinajstić information content (AvgIpc) is 3.10. The molecule has 3 rings (SSSR count). The van der Waals surface area contributed by atoms with Crippen LogP contribution < -0.4 is 71.2 Å². The maximum absolute atomic E-state index is 14.3. The summed E-state index contributed by atoms with van der Waals surface area (Å²) in [6.45, 7) is 7.73. The van der Waals surface area contributed by atoms with Crippen LogP contribution in [0.25, 0.3) is 0 Å². The Balaban J connectivity index is 1.73. The number of nitrogens with zero attached hydrogens (tertiary/aromatic N) is 5. The minimum atomic E-state index is -1.76. The zero-order valence-electron chi connectivity index (χ0n) is 50.5. The fourth-order valence-corrected chi connectivity index (χ4v) is 10.0. The van der Waals surface area contributed by atoms with E-state index in [1.54, 1.807) is 13.8 Å². The summed E-state index contributed by atoms with van der Waals surface area (Å²) in [4.78, 5) is 185. The Hall–Kier alpha value is -8.47. The number of guanidine groups is 2. The molecule has 22 N–H and O–H groups in total. The number of hydrogen-bond donors (Lipinski definition) is 17. The lowest BCUT2D eigenvalue weighted by atomic mass is 10.0. The highest BCUT2D eigenvalue weighted by molar-refractivity contribution is 5.99. The van der Waals surface area contributed by atoms with Gasteiger partial charge in [-0.1, -0.05) is 13.8 Å². The first-order valence-electron chi connectivity index (χ1n) is 29.3. The molecule has 3 aliphatic heterocycles. The molecule has 3 fully saturated rings. The summed E-state index contributed by atoms with van der Waals surface area (Å²) in [5.41, 5.74) is 27.7. The first kappa shape index (κ1) is 73.8. The number of aliphatic imine (C=N–C) groups is 2. The van der Waals surface area contributed by atoms with Gasteiger partial charge in [0.2, 0.25) is 65.0 Å². The van der Waals surface area contributed by atoms with Gasteiger partial charge in [0.25, 0.3) is 0 Å². The molecule has 88 heavy (non-hydrogen) atoms. The molecule has 3 heterocycles. The van der Waals surface area contributed by atoms with Gasteiger partial charge >= 0.3 is 11.9 Å². The number of aliphatic hydroxyl groups excluding tert-OH is 2. The number of carboxylic acids is 2. The summed E-state index contributed by atoms with van der Waals surface area (Å²) in [5.74, 6) is -12.9. The minimum Gasteiger partial charge on any atom is -0.481 e. The van der Waals surface area contributed by atoms with Gasteiger partial charge in [-0.05, 0) is 104 Å². The predicted molar refractivity (Wildman–Crippen MR) is 313 cm³/mol. The molecule has 0 saturated carbocycles. The lowest BCUT2D eigenvalue weighted by molar-refractivity contribution is -0.150. The third-order valence-corrected chi connectivity index (χ3v) is 15.0. The minimum absolute atomic E-state index is 0.00302. The Morgan fingerprint density at radius 3 is 1.34 bits per heavy atom. The van der Waals surface area contributed by atoms with Crippen molar-refractivity contribution in [3.8, 4) is 0 Å². The van der Waals surface area contributed by atoms with Gasteiger partial charge in [0.05, 0.1) is 18.8 Å². The summed E-state index contributed by atoms with van der Waals surface area (Å²) in [6, 6.07) is -16.2. The monoisotopic (exact) mass is 1250 g/mol. The van der Waals surface area contributed by atoms with Crippen LogP contribution in [0.2, 0.25) is 0 Å². The summed E-state index contributed by atoms with van der Waals surface area (Å²) < 4.78 is 0. The lowest BCUT2D eigenvalue weighted by Gasteiger charge is -2.31. The summed E-state index contributed by atoms with van der Waals surface area (Å²) in [7, 11) is 0. The molecule has 0 unspecified atom stereocenters. The Labute approximate surface area is 508 Å². The second-order valence-corrected chi connectivity index (χ2v) is 22.4. The SMILES string of the molecule is CC(C)[C@H](N)C(=O)N[C@@H](C)C(=O)N1CCC[C@H]1C(=O)N[C@@H](CCCN=C(N)N)C(=O)N[C@H](C(=O)N[C@@H](C)C(=O)N[C@@H](C)C(=O)N[C@@H](CCC(=O)O)C(=O)N1CCC[C@H]1C(=O)N[C@@H](CCCN=C(N)N)C(=O)N[C@@H](CO)C(=O)N1CCC[C@H]1C(=O)O)[C@@H](C)O. The van der Waals surface area contributed by atoms with Crippen molar-refractivity contribution in [1.29, 1.82) is 0 Å². The van der Waals surface area contributed by atoms with Gasteiger partial charge < -0.3 is 106 Å². The molecule has 494 valence electrons. The number of aliphatic hydroxyl groups is 2. The number of nitrogens with one attached hydrogen (secondary N) is 8. The molecule has 11 amide bonds. The third kappa shape index (κ3) is 22.4. The van der Waals surface area contributed by atoms with E-state index in [0.29, 0.717) is 12.8 Å². The van der Waals surface area contributed by atoms with Crippen molar-refractivity contribution in [2.75, 3.05) is 39.3 Å². The van der Waals surface area contributed by atoms with Crippen LogP contribution in [0, 0.1) is 5.92 Å². The molecule has 3 aliphatic rings. The zero-order valence-corrected chi connectivity index (χ0v) is 50.5. The van der Waals surface area contributed by atoms with E-state index in [-0.39, 0.29) is 102 Å². The standard InChI is InChI=1S/C53H90N18O17/c1-25(2)38(54)46(82)63-28(5)48(84)69-21-9-14-34(69)44(80)65-31(13-8-20-60-53(57)58)43(79)68-39(29(6)73)47(83)62-26(3)40(76)61-27(4)41(77)66-32(17-18-37(74)75)49(85)70-22-10-15-35(70)45(81)64-30(12-7-19-59-52(55)56)42(78)67-33(24-72)50(86)71-23-11-16-36(71)51(87)88/h25-36,38-39,72-73H,7-24,54H2,1-6H3,(H,61,76)(H,62,83)(H,63,82)(H,64,81)(H,65,80)(H,66,77)(H,67,78)(H,68,79)(H,74,75)(H,87,88)(H4,55,56,59)(H4,57,58,60)/t26-,27-,28-,29+,30-,31-,32-,33-,34-,35-,36-,38-,39-/m0/s1. The van der Waals surface area contributed by atoms with Crippen molar-refractivity contribution in [3.63, 3.8) is 0 Å². The van der Waals surface area contributed by atoms with Gasteiger partial charge in [0, 0.05) is 39.1 Å². The van der Waals surface area contributed by atoms with Crippen LogP contribution in [0.1, 0.15) is 119 Å². The number of amides is 11. The third-order valence-electron chi connectivity index (χ3n) is 15.0. The fraction of sp³-hybridized carbons (Fsp3) is 0.717. The van der Waals surface area contributed by atoms with E-state index < -0.39 is 175 Å². The zero-order chi connectivity index (χ0) is 66.3. The topological polar surface area (TPSA) is 564 Å². The number of carbonyl (C=O) groups excluding carboxylic acids is 11. The van der Waals surface area contributed by atoms with E-state index in [1.165, 1.54) is 25.7 Å². The normalized spacial score (nSPS) is 19.8. The number of carboxylic acid groups (broad SMARTS) is 2. The Bertz CT molecular complexity index is 2580.